The molecule has 0 radical (unpaired) electrons. The van der Waals surface area contributed by atoms with Gasteiger partial charge in [-0.05, 0) is 23.8 Å². The summed E-state index contributed by atoms with van der Waals surface area (Å²) in [6.07, 6.45) is 0. The molecule has 0 saturated carbocycles. The minimum Gasteiger partial charge on any atom is -0.399 e. The molecule has 0 saturated heterocycles. The second-order valence-electron chi connectivity index (χ2n) is 3.68. The van der Waals surface area contributed by atoms with Crippen LogP contribution in [-0.2, 0) is 4.84 Å². The van der Waals surface area contributed by atoms with Gasteiger partial charge in [-0.15, -0.1) is 0 Å². The quantitative estimate of drug-likeness (QED) is 0.581. The Labute approximate surface area is 99.9 Å². The van der Waals surface area contributed by atoms with Gasteiger partial charge in [0.05, 0.1) is 17.3 Å². The fourth-order valence-corrected chi connectivity index (χ4v) is 1.94. The Morgan fingerprint density at radius 3 is 2.71 bits per heavy atom. The lowest BCUT2D eigenvalue weighted by molar-refractivity contribution is 0.213. The monoisotopic (exact) mass is 224 g/mol. The molecule has 0 amide bonds. The molecule has 2 aromatic rings. The predicted molar refractivity (Wildman–Crippen MR) is 67.9 cm³/mol. The highest BCUT2D eigenvalue weighted by Crippen LogP contribution is 2.23. The fourth-order valence-electron chi connectivity index (χ4n) is 1.94. The summed E-state index contributed by atoms with van der Waals surface area (Å²) in [5.74, 6) is 0. The summed E-state index contributed by atoms with van der Waals surface area (Å²) in [5.41, 5.74) is 2.16. The summed E-state index contributed by atoms with van der Waals surface area (Å²) in [4.78, 5) is 4.78. The van der Waals surface area contributed by atoms with Crippen molar-refractivity contribution in [3.63, 3.8) is 0 Å². The normalized spacial score (nSPS) is 11.2. The number of rotatable bonds is 2. The minimum absolute atomic E-state index is 0.613. The van der Waals surface area contributed by atoms with Crippen LogP contribution in [0.1, 0.15) is 18.1 Å². The molecule has 0 spiro atoms. The van der Waals surface area contributed by atoms with Gasteiger partial charge in [-0.25, -0.2) is 0 Å². The third-order valence-corrected chi connectivity index (χ3v) is 2.64. The Morgan fingerprint density at radius 2 is 2.00 bits per heavy atom. The van der Waals surface area contributed by atoms with Gasteiger partial charge >= 0.3 is 0 Å². The average molecular weight is 224 g/mol. The van der Waals surface area contributed by atoms with Gasteiger partial charge in [0.1, 0.15) is 7.11 Å². The maximum Gasteiger partial charge on any atom is 0.106 e. The molecular weight excluding hydrogens is 212 g/mol. The number of hydrogen-bond donors (Lipinski definition) is 0. The lowest BCUT2D eigenvalue weighted by atomic mass is 9.97. The lowest BCUT2D eigenvalue weighted by Crippen LogP contribution is -2.00. The van der Waals surface area contributed by atoms with Gasteiger partial charge in [0.15, 0.2) is 0 Å². The summed E-state index contributed by atoms with van der Waals surface area (Å²) in [6.45, 7) is 1.84. The zero-order valence-electron chi connectivity index (χ0n) is 9.77. The summed E-state index contributed by atoms with van der Waals surface area (Å²) in [6, 6.07) is 13.9. The van der Waals surface area contributed by atoms with Crippen LogP contribution in [0.15, 0.2) is 41.6 Å². The zero-order valence-corrected chi connectivity index (χ0v) is 9.77. The summed E-state index contributed by atoms with van der Waals surface area (Å²) in [7, 11) is 1.50. The van der Waals surface area contributed by atoms with Crippen molar-refractivity contribution in [2.75, 3.05) is 7.11 Å². The molecule has 3 heteroatoms. The molecule has 0 aliphatic rings. The molecular formula is C14H12N2O. The minimum atomic E-state index is 0.613. The first-order chi connectivity index (χ1) is 8.27. The van der Waals surface area contributed by atoms with E-state index in [1.807, 2.05) is 43.3 Å². The van der Waals surface area contributed by atoms with Crippen LogP contribution in [0.3, 0.4) is 0 Å². The maximum absolute atomic E-state index is 9.15. The Balaban J connectivity index is 2.82. The van der Waals surface area contributed by atoms with Gasteiger partial charge < -0.3 is 4.84 Å². The van der Waals surface area contributed by atoms with E-state index >= 15 is 0 Å². The number of nitriles is 1. The van der Waals surface area contributed by atoms with E-state index in [0.717, 1.165) is 16.3 Å². The first kappa shape index (κ1) is 11.2. The van der Waals surface area contributed by atoms with E-state index in [0.29, 0.717) is 11.3 Å². The Kier molecular flexibility index (Phi) is 3.06. The van der Waals surface area contributed by atoms with Gasteiger partial charge in [-0.2, -0.15) is 5.26 Å². The van der Waals surface area contributed by atoms with E-state index < -0.39 is 0 Å². The molecule has 0 unspecified atom stereocenters. The van der Waals surface area contributed by atoms with Crippen LogP contribution in [0.5, 0.6) is 0 Å². The molecule has 3 nitrogen and oxygen atoms in total. The Bertz CT molecular complexity index is 624. The number of nitrogens with zero attached hydrogens (tertiary/aromatic N) is 2. The predicted octanol–water partition coefficient (Wildman–Crippen LogP) is 3.08. The van der Waals surface area contributed by atoms with Crippen LogP contribution in [0, 0.1) is 11.3 Å². The van der Waals surface area contributed by atoms with Gasteiger partial charge in [0.2, 0.25) is 0 Å². The smallest absolute Gasteiger partial charge is 0.106 e. The molecule has 0 fully saturated rings. The summed E-state index contributed by atoms with van der Waals surface area (Å²) < 4.78 is 0. The lowest BCUT2D eigenvalue weighted by Gasteiger charge is -2.07. The van der Waals surface area contributed by atoms with Crippen molar-refractivity contribution in [1.29, 1.82) is 5.26 Å². The molecule has 0 aliphatic heterocycles. The highest BCUT2D eigenvalue weighted by Gasteiger charge is 2.10. The van der Waals surface area contributed by atoms with Crippen LogP contribution < -0.4 is 0 Å². The van der Waals surface area contributed by atoms with Crippen LogP contribution in [-0.4, -0.2) is 12.8 Å². The molecule has 84 valence electrons. The number of benzene rings is 2. The van der Waals surface area contributed by atoms with Crippen molar-refractivity contribution < 1.29 is 4.84 Å². The topological polar surface area (TPSA) is 45.4 Å². The largest absolute Gasteiger partial charge is 0.399 e. The van der Waals surface area contributed by atoms with E-state index in [1.54, 1.807) is 0 Å². The molecule has 0 N–H and O–H groups in total. The molecule has 17 heavy (non-hydrogen) atoms. The van der Waals surface area contributed by atoms with Gasteiger partial charge in [-0.3, -0.25) is 0 Å². The van der Waals surface area contributed by atoms with Crippen molar-refractivity contribution in [2.45, 2.75) is 6.92 Å². The van der Waals surface area contributed by atoms with Crippen molar-refractivity contribution in [2.24, 2.45) is 5.16 Å². The van der Waals surface area contributed by atoms with Crippen LogP contribution in [0.4, 0.5) is 0 Å². The van der Waals surface area contributed by atoms with E-state index in [1.165, 1.54) is 7.11 Å². The fraction of sp³-hybridized carbons (Fsp3) is 0.143. The average Bonchev–Trinajstić information content (AvgIpc) is 2.37. The zero-order chi connectivity index (χ0) is 12.3. The van der Waals surface area contributed by atoms with Crippen molar-refractivity contribution in [3.8, 4) is 6.07 Å². The highest BCUT2D eigenvalue weighted by atomic mass is 16.6. The molecule has 0 bridgehead atoms. The Morgan fingerprint density at radius 1 is 1.24 bits per heavy atom. The highest BCUT2D eigenvalue weighted by molar-refractivity contribution is 6.11. The maximum atomic E-state index is 9.15. The third-order valence-electron chi connectivity index (χ3n) is 2.64. The molecule has 2 rings (SSSR count). The van der Waals surface area contributed by atoms with Gasteiger partial charge in [0.25, 0.3) is 0 Å². The molecule has 0 aromatic heterocycles. The standard InChI is InChI=1S/C14H12N2O/c1-10(16-17-2)14-12(9-15)8-7-11-5-3-4-6-13(11)14/h3-8H,1-2H3. The summed E-state index contributed by atoms with van der Waals surface area (Å²) in [5, 5.41) is 15.2. The van der Waals surface area contributed by atoms with E-state index in [-0.39, 0.29) is 0 Å². The SMILES string of the molecule is CON=C(C)c1c(C#N)ccc2ccccc12. The second-order valence-corrected chi connectivity index (χ2v) is 3.68. The van der Waals surface area contributed by atoms with E-state index in [2.05, 4.69) is 11.2 Å². The van der Waals surface area contributed by atoms with Gasteiger partial charge in [-0.1, -0.05) is 35.5 Å². The summed E-state index contributed by atoms with van der Waals surface area (Å²) >= 11 is 0. The van der Waals surface area contributed by atoms with Crippen LogP contribution >= 0.6 is 0 Å². The molecule has 0 atom stereocenters. The van der Waals surface area contributed by atoms with E-state index in [9.17, 15) is 0 Å². The molecule has 2 aromatic carbocycles. The Hall–Kier alpha value is -2.34. The number of oxime groups is 1. The second kappa shape index (κ2) is 4.67. The van der Waals surface area contributed by atoms with Crippen LogP contribution in [0.2, 0.25) is 0 Å². The van der Waals surface area contributed by atoms with E-state index in [4.69, 9.17) is 10.1 Å². The number of hydrogen-bond acceptors (Lipinski definition) is 3. The van der Waals surface area contributed by atoms with Gasteiger partial charge in [0, 0.05) is 5.56 Å². The van der Waals surface area contributed by atoms with Crippen molar-refractivity contribution in [3.05, 3.63) is 47.5 Å². The van der Waals surface area contributed by atoms with Crippen molar-refractivity contribution >= 4 is 16.5 Å². The first-order valence-electron chi connectivity index (χ1n) is 5.28. The van der Waals surface area contributed by atoms with Crippen molar-refractivity contribution in [1.82, 2.24) is 0 Å². The molecule has 0 aliphatic carbocycles. The number of fused-ring (bicyclic) bond motifs is 1. The first-order valence-corrected chi connectivity index (χ1v) is 5.28. The molecule has 0 heterocycles. The third kappa shape index (κ3) is 1.98. The van der Waals surface area contributed by atoms with Crippen LogP contribution in [0.25, 0.3) is 10.8 Å².